The van der Waals surface area contributed by atoms with Crippen molar-refractivity contribution in [2.24, 2.45) is 0 Å². The van der Waals surface area contributed by atoms with Crippen LogP contribution in [0.1, 0.15) is 77.9 Å². The summed E-state index contributed by atoms with van der Waals surface area (Å²) < 4.78 is 70.3. The summed E-state index contributed by atoms with van der Waals surface area (Å²) >= 11 is 6.70. The molecule has 250 valence electrons. The molecule has 6 rings (SSSR count). The maximum absolute atomic E-state index is 16.8. The van der Waals surface area contributed by atoms with Crippen LogP contribution >= 0.6 is 11.6 Å². The van der Waals surface area contributed by atoms with Crippen molar-refractivity contribution in [2.45, 2.75) is 75.4 Å². The number of nitrogens with one attached hydrogen (secondary N) is 1. The average Bonchev–Trinajstić information content (AvgIpc) is 3.75. The van der Waals surface area contributed by atoms with Gasteiger partial charge >= 0.3 is 6.09 Å². The minimum Gasteiger partial charge on any atom is -0.480 e. The number of sulfone groups is 1. The van der Waals surface area contributed by atoms with Gasteiger partial charge in [-0.3, -0.25) is 4.79 Å². The number of carbonyl (C=O) groups excluding carboxylic acids is 2. The summed E-state index contributed by atoms with van der Waals surface area (Å²) in [6, 6.07) is 11.3. The quantitative estimate of drug-likeness (QED) is 0.313. The van der Waals surface area contributed by atoms with E-state index in [0.29, 0.717) is 24.9 Å². The minimum atomic E-state index is -3.61. The van der Waals surface area contributed by atoms with Gasteiger partial charge in [0.15, 0.2) is 15.4 Å². The highest BCUT2D eigenvalue weighted by atomic mass is 35.5. The lowest BCUT2D eigenvalue weighted by molar-refractivity contribution is -0.0216. The molecule has 0 spiro atoms. The first-order chi connectivity index (χ1) is 22.1. The molecule has 2 amide bonds. The smallest absolute Gasteiger partial charge is 0.410 e. The fraction of sp³-hybridized carbons (Fsp3) is 0.429. The number of ether oxygens (including phenoxy) is 2. The number of carbonyl (C=O) groups is 2. The summed E-state index contributed by atoms with van der Waals surface area (Å²) in [5, 5.41) is 1.13. The van der Waals surface area contributed by atoms with Gasteiger partial charge in [0, 0.05) is 49.0 Å². The van der Waals surface area contributed by atoms with Crippen LogP contribution in [-0.4, -0.2) is 56.8 Å². The molecule has 1 N–H and O–H groups in total. The first-order valence-electron chi connectivity index (χ1n) is 15.6. The van der Waals surface area contributed by atoms with Crippen LogP contribution in [0.4, 0.5) is 13.6 Å². The molecule has 0 aromatic heterocycles. The second-order valence-corrected chi connectivity index (χ2v) is 16.1. The molecule has 2 aliphatic heterocycles. The van der Waals surface area contributed by atoms with Crippen molar-refractivity contribution >= 4 is 33.4 Å². The SMILES string of the molecule is CNC(=O)c1cc2c(c(F)c1-c1c(Cl)c(F)cc3c1C[C@](c1ccccc1)([C@@H]1CCCN1C(=O)OC(C)(C)C)O3)CCC2S(C)(=O)=O. The normalized spacial score (nSPS) is 22.1. The van der Waals surface area contributed by atoms with Gasteiger partial charge in [0.1, 0.15) is 23.0 Å². The molecular weight excluding hydrogens is 650 g/mol. The van der Waals surface area contributed by atoms with E-state index < -0.39 is 61.0 Å². The molecule has 0 bridgehead atoms. The maximum atomic E-state index is 16.8. The van der Waals surface area contributed by atoms with Crippen LogP contribution in [0.15, 0.2) is 42.5 Å². The van der Waals surface area contributed by atoms with E-state index in [-0.39, 0.29) is 52.8 Å². The molecule has 8 nitrogen and oxygen atoms in total. The second kappa shape index (κ2) is 11.8. The van der Waals surface area contributed by atoms with Crippen molar-refractivity contribution in [1.29, 1.82) is 0 Å². The molecule has 1 saturated heterocycles. The average molecular weight is 687 g/mol. The van der Waals surface area contributed by atoms with Gasteiger partial charge in [-0.15, -0.1) is 0 Å². The van der Waals surface area contributed by atoms with E-state index in [2.05, 4.69) is 5.32 Å². The van der Waals surface area contributed by atoms with Crippen LogP contribution in [0.5, 0.6) is 5.75 Å². The molecule has 3 atom stereocenters. The highest BCUT2D eigenvalue weighted by Gasteiger charge is 2.54. The number of fused-ring (bicyclic) bond motifs is 2. The fourth-order valence-electron chi connectivity index (χ4n) is 7.40. The van der Waals surface area contributed by atoms with Crippen molar-refractivity contribution in [3.63, 3.8) is 0 Å². The zero-order valence-electron chi connectivity index (χ0n) is 26.9. The van der Waals surface area contributed by atoms with Gasteiger partial charge in [-0.2, -0.15) is 0 Å². The molecule has 3 aromatic carbocycles. The van der Waals surface area contributed by atoms with E-state index in [4.69, 9.17) is 21.1 Å². The molecule has 2 heterocycles. The van der Waals surface area contributed by atoms with Gasteiger partial charge in [0.25, 0.3) is 5.91 Å². The molecule has 0 saturated carbocycles. The summed E-state index contributed by atoms with van der Waals surface area (Å²) in [6.45, 7) is 5.78. The summed E-state index contributed by atoms with van der Waals surface area (Å²) in [5.74, 6) is -2.28. The number of halogens is 3. The molecule has 3 aromatic rings. The van der Waals surface area contributed by atoms with E-state index in [1.54, 1.807) is 25.7 Å². The third-order valence-corrected chi connectivity index (χ3v) is 11.2. The second-order valence-electron chi connectivity index (χ2n) is 13.5. The predicted molar refractivity (Wildman–Crippen MR) is 175 cm³/mol. The van der Waals surface area contributed by atoms with E-state index in [1.165, 1.54) is 13.1 Å². The van der Waals surface area contributed by atoms with Crippen LogP contribution in [0.25, 0.3) is 11.1 Å². The lowest BCUT2D eigenvalue weighted by atomic mass is 9.79. The van der Waals surface area contributed by atoms with Crippen LogP contribution < -0.4 is 10.1 Å². The molecule has 12 heteroatoms. The number of benzene rings is 3. The number of hydrogen-bond acceptors (Lipinski definition) is 6. The van der Waals surface area contributed by atoms with Crippen LogP contribution in [0.3, 0.4) is 0 Å². The van der Waals surface area contributed by atoms with Gasteiger partial charge in [-0.05, 0) is 69.2 Å². The largest absolute Gasteiger partial charge is 0.480 e. The van der Waals surface area contributed by atoms with Crippen LogP contribution in [-0.2, 0) is 33.0 Å². The Morgan fingerprint density at radius 1 is 1.09 bits per heavy atom. The van der Waals surface area contributed by atoms with Crippen molar-refractivity contribution in [2.75, 3.05) is 19.8 Å². The fourth-order valence-corrected chi connectivity index (χ4v) is 8.88. The highest BCUT2D eigenvalue weighted by molar-refractivity contribution is 7.90. The Morgan fingerprint density at radius 3 is 2.43 bits per heavy atom. The Bertz CT molecular complexity index is 1900. The van der Waals surface area contributed by atoms with E-state index in [0.717, 1.165) is 17.9 Å². The van der Waals surface area contributed by atoms with Crippen molar-refractivity contribution < 1.29 is 36.3 Å². The third kappa shape index (κ3) is 5.65. The first-order valence-corrected chi connectivity index (χ1v) is 17.9. The van der Waals surface area contributed by atoms with Crippen molar-refractivity contribution in [3.8, 4) is 16.9 Å². The lowest BCUT2D eigenvalue weighted by Crippen LogP contribution is -2.53. The number of amides is 2. The summed E-state index contributed by atoms with van der Waals surface area (Å²) in [4.78, 5) is 28.5. The molecule has 47 heavy (non-hydrogen) atoms. The zero-order chi connectivity index (χ0) is 34.1. The maximum Gasteiger partial charge on any atom is 0.410 e. The van der Waals surface area contributed by atoms with Crippen molar-refractivity contribution in [3.05, 3.63) is 86.9 Å². The van der Waals surface area contributed by atoms with E-state index >= 15 is 8.78 Å². The molecule has 1 fully saturated rings. The zero-order valence-corrected chi connectivity index (χ0v) is 28.5. The summed E-state index contributed by atoms with van der Waals surface area (Å²) in [6.07, 6.45) is 2.14. The standard InChI is InChI=1S/C35H37ClF2N2O6S/c1-34(2,3)46-33(42)40-15-9-12-27(40)35(19-10-7-6-8-11-19)18-23-25(45-35)17-24(37)30(36)28(23)29-22(32(41)39-4)16-21-20(31(29)38)13-14-26(21)47(5,43)44/h6-8,10-11,16-17,26-27H,9,12-15,18H2,1-5H3,(H,39,41)/t26?,27-,35-/m0/s1. The Morgan fingerprint density at radius 2 is 1.79 bits per heavy atom. The number of nitrogens with zero attached hydrogens (tertiary/aromatic N) is 1. The summed E-state index contributed by atoms with van der Waals surface area (Å²) in [7, 11) is -2.24. The number of hydrogen-bond donors (Lipinski definition) is 1. The van der Waals surface area contributed by atoms with E-state index in [1.807, 2.05) is 30.3 Å². The first kappa shape index (κ1) is 33.2. The Labute approximate surface area is 278 Å². The monoisotopic (exact) mass is 686 g/mol. The number of rotatable bonds is 5. The molecule has 0 radical (unpaired) electrons. The van der Waals surface area contributed by atoms with Gasteiger partial charge in [-0.25, -0.2) is 22.0 Å². The third-order valence-electron chi connectivity index (χ3n) is 9.34. The molecular formula is C35H37ClF2N2O6S. The Balaban J connectivity index is 1.57. The van der Waals surface area contributed by atoms with Gasteiger partial charge in [0.05, 0.1) is 21.9 Å². The molecule has 3 aliphatic rings. The topological polar surface area (TPSA) is 102 Å². The Hall–Kier alpha value is -3.70. The van der Waals surface area contributed by atoms with Crippen molar-refractivity contribution in [1.82, 2.24) is 10.2 Å². The van der Waals surface area contributed by atoms with E-state index in [9.17, 15) is 18.0 Å². The highest BCUT2D eigenvalue weighted by Crippen LogP contribution is 2.54. The predicted octanol–water partition coefficient (Wildman–Crippen LogP) is 6.91. The number of likely N-dealkylation sites (tertiary alicyclic amines) is 1. The van der Waals surface area contributed by atoms with Gasteiger partial charge < -0.3 is 19.7 Å². The minimum absolute atomic E-state index is 0.0389. The van der Waals surface area contributed by atoms with Gasteiger partial charge in [0.2, 0.25) is 0 Å². The Kier molecular flexibility index (Phi) is 8.32. The molecule has 1 unspecified atom stereocenters. The lowest BCUT2D eigenvalue weighted by Gasteiger charge is -2.40. The van der Waals surface area contributed by atoms with Crippen LogP contribution in [0, 0.1) is 11.6 Å². The van der Waals surface area contributed by atoms with Crippen LogP contribution in [0.2, 0.25) is 5.02 Å². The van der Waals surface area contributed by atoms with Gasteiger partial charge in [-0.1, -0.05) is 41.9 Å². The summed E-state index contributed by atoms with van der Waals surface area (Å²) in [5.41, 5.74) is -0.946. The molecule has 1 aliphatic carbocycles.